The van der Waals surface area contributed by atoms with Crippen LogP contribution < -0.4 is 15.0 Å². The van der Waals surface area contributed by atoms with Gasteiger partial charge in [0.15, 0.2) is 6.10 Å². The van der Waals surface area contributed by atoms with Gasteiger partial charge in [0, 0.05) is 31.2 Å². The minimum absolute atomic E-state index is 0.0360. The monoisotopic (exact) mass is 422 g/mol. The lowest BCUT2D eigenvalue weighted by atomic mass is 10.1. The highest BCUT2D eigenvalue weighted by Gasteiger charge is 2.35. The van der Waals surface area contributed by atoms with Gasteiger partial charge in [-0.25, -0.2) is 0 Å². The first-order valence-electron chi connectivity index (χ1n) is 10.7. The summed E-state index contributed by atoms with van der Waals surface area (Å²) in [5, 5.41) is 2.82. The van der Waals surface area contributed by atoms with Crippen LogP contribution in [0.25, 0.3) is 0 Å². The van der Waals surface area contributed by atoms with Gasteiger partial charge < -0.3 is 15.0 Å². The van der Waals surface area contributed by atoms with Crippen LogP contribution >= 0.6 is 0 Å². The number of rotatable bonds is 5. The third-order valence-corrected chi connectivity index (χ3v) is 5.61. The van der Waals surface area contributed by atoms with Crippen molar-refractivity contribution >= 4 is 29.1 Å². The average Bonchev–Trinajstić information content (AvgIpc) is 2.82. The van der Waals surface area contributed by atoms with Crippen molar-refractivity contribution in [1.29, 1.82) is 0 Å². The molecule has 2 aromatic rings. The van der Waals surface area contributed by atoms with Crippen molar-refractivity contribution in [2.45, 2.75) is 38.7 Å². The molecule has 0 aliphatic carbocycles. The summed E-state index contributed by atoms with van der Waals surface area (Å²) in [6.45, 7) is 3.29. The maximum absolute atomic E-state index is 13.0. The second-order valence-corrected chi connectivity index (χ2v) is 7.76. The van der Waals surface area contributed by atoms with Crippen LogP contribution in [0.1, 0.15) is 43.0 Å². The Balaban J connectivity index is 1.58. The summed E-state index contributed by atoms with van der Waals surface area (Å²) >= 11 is 0. The van der Waals surface area contributed by atoms with Gasteiger partial charge in [-0.2, -0.15) is 0 Å². The third-order valence-electron chi connectivity index (χ3n) is 5.61. The molecule has 1 saturated heterocycles. The van der Waals surface area contributed by atoms with Crippen molar-refractivity contribution in [3.05, 3.63) is 48.3 Å². The molecule has 4 rings (SSSR count). The molecule has 0 spiro atoms. The number of pyridine rings is 1. The van der Waals surface area contributed by atoms with Crippen LogP contribution in [0, 0.1) is 0 Å². The number of nitrogens with one attached hydrogen (secondary N) is 1. The van der Waals surface area contributed by atoms with E-state index in [2.05, 4.69) is 10.3 Å². The first kappa shape index (κ1) is 20.8. The predicted molar refractivity (Wildman–Crippen MR) is 116 cm³/mol. The Hall–Kier alpha value is -3.42. The molecule has 1 atom stereocenters. The number of hydrogen-bond donors (Lipinski definition) is 1. The molecule has 3 heterocycles. The quantitative estimate of drug-likeness (QED) is 0.800. The van der Waals surface area contributed by atoms with E-state index in [1.807, 2.05) is 11.8 Å². The molecule has 0 radical (unpaired) electrons. The molecule has 1 fully saturated rings. The van der Waals surface area contributed by atoms with E-state index in [9.17, 15) is 14.4 Å². The van der Waals surface area contributed by atoms with Crippen LogP contribution in [0.2, 0.25) is 0 Å². The Kier molecular flexibility index (Phi) is 6.16. The summed E-state index contributed by atoms with van der Waals surface area (Å²) < 4.78 is 5.86. The third kappa shape index (κ3) is 4.52. The van der Waals surface area contributed by atoms with Gasteiger partial charge in [-0.05, 0) is 56.0 Å². The summed E-state index contributed by atoms with van der Waals surface area (Å²) in [7, 11) is 0. The van der Waals surface area contributed by atoms with E-state index in [0.29, 0.717) is 29.1 Å². The number of aromatic nitrogens is 1. The number of anilines is 2. The molecule has 1 unspecified atom stereocenters. The summed E-state index contributed by atoms with van der Waals surface area (Å²) in [4.78, 5) is 45.7. The van der Waals surface area contributed by atoms with Gasteiger partial charge >= 0.3 is 0 Å². The lowest BCUT2D eigenvalue weighted by Crippen LogP contribution is -2.51. The fourth-order valence-electron chi connectivity index (χ4n) is 3.90. The number of likely N-dealkylation sites (tertiary alicyclic amines) is 1. The van der Waals surface area contributed by atoms with E-state index in [0.717, 1.165) is 32.4 Å². The van der Waals surface area contributed by atoms with E-state index in [1.165, 1.54) is 11.1 Å². The normalized spacial score (nSPS) is 18.2. The molecule has 1 N–H and O–H groups in total. The number of piperidine rings is 1. The van der Waals surface area contributed by atoms with E-state index in [-0.39, 0.29) is 24.3 Å². The molecule has 2 aliphatic rings. The second-order valence-electron chi connectivity index (χ2n) is 7.76. The average molecular weight is 422 g/mol. The Morgan fingerprint density at radius 1 is 1.19 bits per heavy atom. The molecule has 8 nitrogen and oxygen atoms in total. The molecule has 1 aromatic heterocycles. The molecule has 8 heteroatoms. The molecule has 31 heavy (non-hydrogen) atoms. The number of amides is 3. The standard InChI is InChI=1S/C23H26N4O4/c1-2-19-23(30)27(15-21(28)26-11-4-3-5-12-26)18-13-17(8-9-20(18)31-19)25-22(29)16-7-6-10-24-14-16/h6-10,13-14,19H,2-5,11-12,15H2,1H3,(H,25,29). The van der Waals surface area contributed by atoms with Gasteiger partial charge in [-0.1, -0.05) is 6.92 Å². The van der Waals surface area contributed by atoms with Gasteiger partial charge in [-0.15, -0.1) is 0 Å². The maximum atomic E-state index is 13.0. The summed E-state index contributed by atoms with van der Waals surface area (Å²) in [6, 6.07) is 8.48. The number of ether oxygens (including phenoxy) is 1. The van der Waals surface area contributed by atoms with E-state index in [4.69, 9.17) is 4.74 Å². The Bertz CT molecular complexity index is 973. The molecule has 0 saturated carbocycles. The highest BCUT2D eigenvalue weighted by atomic mass is 16.5. The number of carbonyl (C=O) groups excluding carboxylic acids is 3. The SMILES string of the molecule is CCC1Oc2ccc(NC(=O)c3cccnc3)cc2N(CC(=O)N2CCCCC2)C1=O. The zero-order valence-corrected chi connectivity index (χ0v) is 17.5. The van der Waals surface area contributed by atoms with Gasteiger partial charge in [0.1, 0.15) is 12.3 Å². The van der Waals surface area contributed by atoms with Crippen LogP contribution in [0.4, 0.5) is 11.4 Å². The van der Waals surface area contributed by atoms with Gasteiger partial charge in [-0.3, -0.25) is 24.3 Å². The molecule has 3 amide bonds. The zero-order valence-electron chi connectivity index (χ0n) is 17.5. The molecule has 2 aliphatic heterocycles. The zero-order chi connectivity index (χ0) is 21.8. The molecule has 1 aromatic carbocycles. The summed E-state index contributed by atoms with van der Waals surface area (Å²) in [6.07, 6.45) is 6.06. The van der Waals surface area contributed by atoms with Crippen molar-refractivity contribution in [2.24, 2.45) is 0 Å². The van der Waals surface area contributed by atoms with Gasteiger partial charge in [0.2, 0.25) is 5.91 Å². The Morgan fingerprint density at radius 2 is 2.00 bits per heavy atom. The number of fused-ring (bicyclic) bond motifs is 1. The van der Waals surface area contributed by atoms with Gasteiger partial charge in [0.25, 0.3) is 11.8 Å². The van der Waals surface area contributed by atoms with E-state index >= 15 is 0 Å². The lowest BCUT2D eigenvalue weighted by molar-refractivity contribution is -0.134. The Labute approximate surface area is 181 Å². The van der Waals surface area contributed by atoms with Crippen molar-refractivity contribution in [1.82, 2.24) is 9.88 Å². The minimum Gasteiger partial charge on any atom is -0.478 e. The molecular weight excluding hydrogens is 396 g/mol. The molecule has 162 valence electrons. The smallest absolute Gasteiger partial charge is 0.268 e. The van der Waals surface area contributed by atoms with Crippen LogP contribution in [0.5, 0.6) is 5.75 Å². The van der Waals surface area contributed by atoms with Crippen LogP contribution in [-0.2, 0) is 9.59 Å². The lowest BCUT2D eigenvalue weighted by Gasteiger charge is -2.36. The first-order valence-corrected chi connectivity index (χ1v) is 10.7. The maximum Gasteiger partial charge on any atom is 0.268 e. The largest absolute Gasteiger partial charge is 0.478 e. The Morgan fingerprint density at radius 3 is 2.71 bits per heavy atom. The first-order chi connectivity index (χ1) is 15.1. The summed E-state index contributed by atoms with van der Waals surface area (Å²) in [5.74, 6) is -0.0904. The van der Waals surface area contributed by atoms with Crippen LogP contribution in [-0.4, -0.2) is 53.3 Å². The number of nitrogens with zero attached hydrogens (tertiary/aromatic N) is 3. The topological polar surface area (TPSA) is 91.8 Å². The van der Waals surface area contributed by atoms with Crippen molar-refractivity contribution in [3.63, 3.8) is 0 Å². The predicted octanol–water partition coefficient (Wildman–Crippen LogP) is 2.85. The molecular formula is C23H26N4O4. The van der Waals surface area contributed by atoms with Crippen LogP contribution in [0.3, 0.4) is 0 Å². The fourth-order valence-corrected chi connectivity index (χ4v) is 3.90. The van der Waals surface area contributed by atoms with E-state index < -0.39 is 6.10 Å². The van der Waals surface area contributed by atoms with Crippen LogP contribution in [0.15, 0.2) is 42.7 Å². The minimum atomic E-state index is -0.627. The second kappa shape index (κ2) is 9.16. The van der Waals surface area contributed by atoms with Crippen molar-refractivity contribution in [3.8, 4) is 5.75 Å². The number of benzene rings is 1. The highest BCUT2D eigenvalue weighted by molar-refractivity contribution is 6.06. The fraction of sp³-hybridized carbons (Fsp3) is 0.391. The molecule has 0 bridgehead atoms. The highest BCUT2D eigenvalue weighted by Crippen LogP contribution is 2.37. The van der Waals surface area contributed by atoms with Crippen molar-refractivity contribution < 1.29 is 19.1 Å². The number of carbonyl (C=O) groups is 3. The summed E-state index contributed by atoms with van der Waals surface area (Å²) in [5.41, 5.74) is 1.43. The van der Waals surface area contributed by atoms with Gasteiger partial charge in [0.05, 0.1) is 11.3 Å². The van der Waals surface area contributed by atoms with Crippen molar-refractivity contribution in [2.75, 3.05) is 29.9 Å². The number of hydrogen-bond acceptors (Lipinski definition) is 5. The van der Waals surface area contributed by atoms with E-state index in [1.54, 1.807) is 36.5 Å².